The van der Waals surface area contributed by atoms with Gasteiger partial charge in [-0.25, -0.2) is 14.6 Å². The fourth-order valence-corrected chi connectivity index (χ4v) is 5.44. The van der Waals surface area contributed by atoms with E-state index >= 15 is 0 Å². The van der Waals surface area contributed by atoms with E-state index in [9.17, 15) is 14.4 Å². The SMILES string of the molecule is CCN(CC)c1ncc(N(C(C)=O)C(C)C)c(NC2(C(=O)OC(C)(C)C)CC2c2ccc(OC(=O)N3CCOCC3)cc2)n1. The first-order valence-electron chi connectivity index (χ1n) is 15.4. The Labute approximate surface area is 260 Å². The van der Waals surface area contributed by atoms with Gasteiger partial charge in [-0.2, -0.15) is 4.98 Å². The van der Waals surface area contributed by atoms with Gasteiger partial charge >= 0.3 is 12.1 Å². The lowest BCUT2D eigenvalue weighted by Crippen LogP contribution is -2.42. The topological polar surface area (TPSA) is 126 Å². The Morgan fingerprint density at radius 3 is 2.30 bits per heavy atom. The average molecular weight is 611 g/mol. The van der Waals surface area contributed by atoms with Crippen molar-refractivity contribution in [2.75, 3.05) is 54.5 Å². The van der Waals surface area contributed by atoms with E-state index in [1.807, 2.05) is 65.5 Å². The molecule has 1 aromatic carbocycles. The quantitative estimate of drug-likeness (QED) is 0.382. The zero-order chi connectivity index (χ0) is 32.2. The molecule has 2 atom stereocenters. The second kappa shape index (κ2) is 13.4. The van der Waals surface area contributed by atoms with Crippen molar-refractivity contribution in [3.05, 3.63) is 36.0 Å². The third-order valence-corrected chi connectivity index (χ3v) is 7.74. The summed E-state index contributed by atoms with van der Waals surface area (Å²) in [5.74, 6) is 0.462. The number of morpholine rings is 1. The Morgan fingerprint density at radius 2 is 1.75 bits per heavy atom. The zero-order valence-electron chi connectivity index (χ0n) is 27.2. The molecule has 240 valence electrons. The molecule has 44 heavy (non-hydrogen) atoms. The van der Waals surface area contributed by atoms with Crippen molar-refractivity contribution in [3.63, 3.8) is 0 Å². The number of ether oxygens (including phenoxy) is 3. The predicted octanol–water partition coefficient (Wildman–Crippen LogP) is 4.60. The van der Waals surface area contributed by atoms with Crippen LogP contribution in [0.15, 0.2) is 30.5 Å². The molecule has 2 heterocycles. The second-order valence-corrected chi connectivity index (χ2v) is 12.5. The molecular weight excluding hydrogens is 564 g/mol. The summed E-state index contributed by atoms with van der Waals surface area (Å²) in [4.78, 5) is 53.9. The number of hydrogen-bond acceptors (Lipinski definition) is 10. The van der Waals surface area contributed by atoms with Crippen molar-refractivity contribution in [2.24, 2.45) is 0 Å². The predicted molar refractivity (Wildman–Crippen MR) is 168 cm³/mol. The maximum absolute atomic E-state index is 13.9. The van der Waals surface area contributed by atoms with E-state index in [1.54, 1.807) is 28.1 Å². The van der Waals surface area contributed by atoms with Gasteiger partial charge in [-0.05, 0) is 72.6 Å². The van der Waals surface area contributed by atoms with Gasteiger partial charge in [-0.15, -0.1) is 0 Å². The van der Waals surface area contributed by atoms with Gasteiger partial charge in [-0.3, -0.25) is 4.79 Å². The van der Waals surface area contributed by atoms with Crippen molar-refractivity contribution in [2.45, 2.75) is 84.9 Å². The highest BCUT2D eigenvalue weighted by molar-refractivity contribution is 5.97. The summed E-state index contributed by atoms with van der Waals surface area (Å²) >= 11 is 0. The number of amides is 2. The zero-order valence-corrected chi connectivity index (χ0v) is 27.2. The number of aromatic nitrogens is 2. The summed E-state index contributed by atoms with van der Waals surface area (Å²) < 4.78 is 16.8. The lowest BCUT2D eigenvalue weighted by Gasteiger charge is -2.31. The Balaban J connectivity index is 1.68. The lowest BCUT2D eigenvalue weighted by molar-refractivity contribution is -0.157. The van der Waals surface area contributed by atoms with E-state index in [-0.39, 0.29) is 17.9 Å². The maximum Gasteiger partial charge on any atom is 0.415 e. The molecular formula is C32H46N6O6. The molecule has 0 radical (unpaired) electrons. The van der Waals surface area contributed by atoms with E-state index in [0.717, 1.165) is 5.56 Å². The molecule has 2 aliphatic rings. The Morgan fingerprint density at radius 1 is 1.11 bits per heavy atom. The number of carbonyl (C=O) groups is 3. The monoisotopic (exact) mass is 610 g/mol. The Bertz CT molecular complexity index is 1330. The van der Waals surface area contributed by atoms with Crippen LogP contribution in [0.2, 0.25) is 0 Å². The van der Waals surface area contributed by atoms with Crippen LogP contribution in [0.25, 0.3) is 0 Å². The van der Waals surface area contributed by atoms with Gasteiger partial charge in [0.15, 0.2) is 5.82 Å². The average Bonchev–Trinajstić information content (AvgIpc) is 3.70. The fraction of sp³-hybridized carbons (Fsp3) is 0.594. The molecule has 2 fully saturated rings. The smallest absolute Gasteiger partial charge is 0.415 e. The van der Waals surface area contributed by atoms with Crippen LogP contribution in [-0.2, 0) is 19.1 Å². The van der Waals surface area contributed by atoms with Crippen LogP contribution in [0.5, 0.6) is 5.75 Å². The Kier molecular flexibility index (Phi) is 10.0. The molecule has 1 aliphatic heterocycles. The molecule has 1 aliphatic carbocycles. The van der Waals surface area contributed by atoms with Crippen LogP contribution < -0.4 is 19.9 Å². The molecule has 0 bridgehead atoms. The first-order valence-corrected chi connectivity index (χ1v) is 15.4. The van der Waals surface area contributed by atoms with Crippen LogP contribution in [0.1, 0.15) is 73.3 Å². The van der Waals surface area contributed by atoms with E-state index in [2.05, 4.69) is 10.3 Å². The standard InChI is InChI=1S/C32H46N6O6/c1-9-36(10-2)29-33-20-26(38(21(3)4)22(5)39)27(34-29)35-32(28(40)44-31(6,7)8)19-25(32)23-11-13-24(14-12-23)43-30(41)37-15-17-42-18-16-37/h11-14,20-21,25H,9-10,15-19H2,1-8H3,(H,33,34,35). The lowest BCUT2D eigenvalue weighted by atomic mass is 10.0. The molecule has 4 rings (SSSR count). The molecule has 1 N–H and O–H groups in total. The van der Waals surface area contributed by atoms with Crippen LogP contribution in [-0.4, -0.2) is 89.4 Å². The summed E-state index contributed by atoms with van der Waals surface area (Å²) in [6, 6.07) is 7.01. The van der Waals surface area contributed by atoms with Crippen molar-refractivity contribution in [3.8, 4) is 5.75 Å². The minimum Gasteiger partial charge on any atom is -0.458 e. The first kappa shape index (κ1) is 33.0. The largest absolute Gasteiger partial charge is 0.458 e. The van der Waals surface area contributed by atoms with Gasteiger partial charge in [0.05, 0.1) is 19.4 Å². The molecule has 12 nitrogen and oxygen atoms in total. The molecule has 2 aromatic rings. The van der Waals surface area contributed by atoms with Crippen LogP contribution in [0, 0.1) is 0 Å². The molecule has 1 aromatic heterocycles. The first-order chi connectivity index (χ1) is 20.8. The van der Waals surface area contributed by atoms with Gasteiger partial charge in [0, 0.05) is 45.1 Å². The number of carbonyl (C=O) groups excluding carboxylic acids is 3. The summed E-state index contributed by atoms with van der Waals surface area (Å²) in [7, 11) is 0. The van der Waals surface area contributed by atoms with Crippen molar-refractivity contribution >= 4 is 35.4 Å². The summed E-state index contributed by atoms with van der Waals surface area (Å²) in [6.45, 7) is 18.2. The van der Waals surface area contributed by atoms with E-state index < -0.39 is 23.2 Å². The molecule has 1 saturated heterocycles. The molecule has 2 amide bonds. The number of nitrogens with zero attached hydrogens (tertiary/aromatic N) is 5. The highest BCUT2D eigenvalue weighted by Crippen LogP contribution is 2.55. The van der Waals surface area contributed by atoms with E-state index in [4.69, 9.17) is 19.2 Å². The summed E-state index contributed by atoms with van der Waals surface area (Å²) in [5, 5.41) is 3.44. The maximum atomic E-state index is 13.9. The van der Waals surface area contributed by atoms with Gasteiger partial charge in [-0.1, -0.05) is 12.1 Å². The minimum atomic E-state index is -1.14. The second-order valence-electron chi connectivity index (χ2n) is 12.5. The molecule has 12 heteroatoms. The number of rotatable bonds is 10. The highest BCUT2D eigenvalue weighted by Gasteiger charge is 2.63. The van der Waals surface area contributed by atoms with Crippen LogP contribution in [0.3, 0.4) is 0 Å². The Hall–Kier alpha value is -3.93. The van der Waals surface area contributed by atoms with E-state index in [1.165, 1.54) is 6.92 Å². The third kappa shape index (κ3) is 7.40. The highest BCUT2D eigenvalue weighted by atomic mass is 16.6. The van der Waals surface area contributed by atoms with Gasteiger partial charge in [0.25, 0.3) is 0 Å². The normalized spacial score (nSPS) is 19.8. The number of anilines is 3. The van der Waals surface area contributed by atoms with E-state index in [0.29, 0.717) is 69.0 Å². The van der Waals surface area contributed by atoms with Gasteiger partial charge in [0.1, 0.15) is 22.6 Å². The summed E-state index contributed by atoms with van der Waals surface area (Å²) in [5.41, 5.74) is -0.494. The third-order valence-electron chi connectivity index (χ3n) is 7.74. The summed E-state index contributed by atoms with van der Waals surface area (Å²) in [6.07, 6.45) is 1.67. The van der Waals surface area contributed by atoms with Crippen molar-refractivity contribution in [1.29, 1.82) is 0 Å². The minimum absolute atomic E-state index is 0.164. The molecule has 2 unspecified atom stereocenters. The van der Waals surface area contributed by atoms with Crippen LogP contribution in [0.4, 0.5) is 22.2 Å². The van der Waals surface area contributed by atoms with Gasteiger partial charge in [0.2, 0.25) is 11.9 Å². The van der Waals surface area contributed by atoms with Crippen LogP contribution >= 0.6 is 0 Å². The van der Waals surface area contributed by atoms with Gasteiger partial charge < -0.3 is 34.2 Å². The fourth-order valence-electron chi connectivity index (χ4n) is 5.44. The van der Waals surface area contributed by atoms with Crippen molar-refractivity contribution in [1.82, 2.24) is 14.9 Å². The number of nitrogens with one attached hydrogen (secondary N) is 1. The van der Waals surface area contributed by atoms with Crippen molar-refractivity contribution < 1.29 is 28.6 Å². The molecule has 0 spiro atoms. The number of benzene rings is 1. The number of esters is 1. The number of hydrogen-bond donors (Lipinski definition) is 1. The molecule has 1 saturated carbocycles.